The molecule has 23 heavy (non-hydrogen) atoms. The molecular formula is C15H20N4O3S. The summed E-state index contributed by atoms with van der Waals surface area (Å²) in [6, 6.07) is 8.20. The smallest absolute Gasteiger partial charge is 0.323 e. The molecule has 0 radical (unpaired) electrons. The molecule has 1 aromatic carbocycles. The first-order valence-electron chi connectivity index (χ1n) is 7.54. The van der Waals surface area contributed by atoms with Gasteiger partial charge in [0.25, 0.3) is 0 Å². The van der Waals surface area contributed by atoms with Gasteiger partial charge in [0.05, 0.1) is 6.26 Å². The van der Waals surface area contributed by atoms with Crippen molar-refractivity contribution in [3.8, 4) is 11.4 Å². The molecule has 8 heteroatoms. The molecular weight excluding hydrogens is 316 g/mol. The summed E-state index contributed by atoms with van der Waals surface area (Å²) >= 11 is 0. The van der Waals surface area contributed by atoms with E-state index in [0.717, 1.165) is 24.9 Å². The monoisotopic (exact) mass is 336 g/mol. The van der Waals surface area contributed by atoms with Crippen molar-refractivity contribution in [1.29, 1.82) is 0 Å². The summed E-state index contributed by atoms with van der Waals surface area (Å²) in [5.41, 5.74) is 2.07. The Hall–Kier alpha value is -1.93. The number of sulfonamides is 1. The van der Waals surface area contributed by atoms with E-state index >= 15 is 0 Å². The number of hydrogen-bond acceptors (Lipinski definition) is 6. The average Bonchev–Trinajstić information content (AvgIpc) is 2.96. The summed E-state index contributed by atoms with van der Waals surface area (Å²) in [6.45, 7) is 3.33. The van der Waals surface area contributed by atoms with Gasteiger partial charge in [0.15, 0.2) is 0 Å². The maximum absolute atomic E-state index is 11.4. The number of benzene rings is 1. The molecule has 2 aromatic rings. The van der Waals surface area contributed by atoms with Gasteiger partial charge in [-0.3, -0.25) is 0 Å². The van der Waals surface area contributed by atoms with Crippen LogP contribution in [0.15, 0.2) is 28.8 Å². The van der Waals surface area contributed by atoms with Crippen molar-refractivity contribution in [2.75, 3.05) is 24.2 Å². The van der Waals surface area contributed by atoms with Crippen LogP contribution in [0.25, 0.3) is 11.4 Å². The zero-order chi connectivity index (χ0) is 16.4. The second-order valence-electron chi connectivity index (χ2n) is 5.94. The highest BCUT2D eigenvalue weighted by Crippen LogP contribution is 2.23. The van der Waals surface area contributed by atoms with Crippen molar-refractivity contribution in [2.24, 2.45) is 0 Å². The fourth-order valence-corrected chi connectivity index (χ4v) is 3.51. The Morgan fingerprint density at radius 3 is 2.74 bits per heavy atom. The Morgan fingerprint density at radius 2 is 2.04 bits per heavy atom. The second-order valence-corrected chi connectivity index (χ2v) is 7.72. The summed E-state index contributed by atoms with van der Waals surface area (Å²) in [5.74, 6) is 0.540. The standard InChI is InChI=1S/C15H20N4O3S/c1-11-5-7-12(8-6-11)14-16-15(22-17-14)19-9-3-4-13(10-19)18-23(2,20)21/h5-8,13,18H,3-4,9-10H2,1-2H3/t13-/m1/s1. The van der Waals surface area contributed by atoms with Crippen molar-refractivity contribution in [3.05, 3.63) is 29.8 Å². The van der Waals surface area contributed by atoms with Gasteiger partial charge in [-0.1, -0.05) is 35.0 Å². The summed E-state index contributed by atoms with van der Waals surface area (Å²) in [6.07, 6.45) is 2.85. The van der Waals surface area contributed by atoms with Crippen LogP contribution in [0.5, 0.6) is 0 Å². The van der Waals surface area contributed by atoms with Gasteiger partial charge in [0.1, 0.15) is 0 Å². The molecule has 1 saturated heterocycles. The minimum atomic E-state index is -3.21. The fourth-order valence-electron chi connectivity index (χ4n) is 2.71. The van der Waals surface area contributed by atoms with Gasteiger partial charge in [0, 0.05) is 24.7 Å². The molecule has 1 aliphatic heterocycles. The first kappa shape index (κ1) is 15.9. The summed E-state index contributed by atoms with van der Waals surface area (Å²) in [4.78, 5) is 6.36. The van der Waals surface area contributed by atoms with E-state index < -0.39 is 10.0 Å². The number of aryl methyl sites for hydroxylation is 1. The molecule has 1 N–H and O–H groups in total. The van der Waals surface area contributed by atoms with Crippen LogP contribution in [0, 0.1) is 6.92 Å². The van der Waals surface area contributed by atoms with E-state index in [0.29, 0.717) is 18.4 Å². The van der Waals surface area contributed by atoms with Gasteiger partial charge >= 0.3 is 6.01 Å². The molecule has 0 spiro atoms. The quantitative estimate of drug-likeness (QED) is 0.911. The Labute approximate surface area is 135 Å². The minimum Gasteiger partial charge on any atom is -0.323 e. The molecule has 1 atom stereocenters. The van der Waals surface area contributed by atoms with Crippen molar-refractivity contribution in [3.63, 3.8) is 0 Å². The molecule has 0 unspecified atom stereocenters. The molecule has 2 heterocycles. The van der Waals surface area contributed by atoms with Crippen LogP contribution in [0.2, 0.25) is 0 Å². The first-order valence-corrected chi connectivity index (χ1v) is 9.43. The molecule has 7 nitrogen and oxygen atoms in total. The largest absolute Gasteiger partial charge is 0.324 e. The highest BCUT2D eigenvalue weighted by molar-refractivity contribution is 7.88. The lowest BCUT2D eigenvalue weighted by Gasteiger charge is -2.31. The van der Waals surface area contributed by atoms with Crippen LogP contribution in [-0.4, -0.2) is 43.9 Å². The summed E-state index contributed by atoms with van der Waals surface area (Å²) < 4.78 is 30.8. The van der Waals surface area contributed by atoms with Crippen LogP contribution in [-0.2, 0) is 10.0 Å². The Bertz CT molecular complexity index is 770. The van der Waals surface area contributed by atoms with Crippen molar-refractivity contribution < 1.29 is 12.9 Å². The second kappa shape index (κ2) is 6.29. The number of aromatic nitrogens is 2. The Balaban J connectivity index is 1.73. The highest BCUT2D eigenvalue weighted by Gasteiger charge is 2.25. The average molecular weight is 336 g/mol. The molecule has 0 saturated carbocycles. The van der Waals surface area contributed by atoms with Gasteiger partial charge in [-0.05, 0) is 19.8 Å². The molecule has 0 amide bonds. The number of hydrogen-bond donors (Lipinski definition) is 1. The third kappa shape index (κ3) is 4.08. The van der Waals surface area contributed by atoms with Crippen LogP contribution in [0.1, 0.15) is 18.4 Å². The van der Waals surface area contributed by atoms with Gasteiger partial charge in [-0.2, -0.15) is 4.98 Å². The molecule has 3 rings (SSSR count). The van der Waals surface area contributed by atoms with E-state index in [-0.39, 0.29) is 6.04 Å². The number of nitrogens with zero attached hydrogens (tertiary/aromatic N) is 3. The maximum Gasteiger partial charge on any atom is 0.324 e. The van der Waals surface area contributed by atoms with E-state index in [1.54, 1.807) is 0 Å². The van der Waals surface area contributed by atoms with Gasteiger partial charge in [-0.25, -0.2) is 13.1 Å². The van der Waals surface area contributed by atoms with Gasteiger partial charge in [-0.15, -0.1) is 0 Å². The van der Waals surface area contributed by atoms with E-state index in [4.69, 9.17) is 4.52 Å². The van der Waals surface area contributed by atoms with Crippen molar-refractivity contribution in [1.82, 2.24) is 14.9 Å². The van der Waals surface area contributed by atoms with E-state index in [1.165, 1.54) is 11.8 Å². The third-order valence-corrected chi connectivity index (χ3v) is 4.56. The highest BCUT2D eigenvalue weighted by atomic mass is 32.2. The van der Waals surface area contributed by atoms with Crippen molar-refractivity contribution in [2.45, 2.75) is 25.8 Å². The lowest BCUT2D eigenvalue weighted by atomic mass is 10.1. The van der Waals surface area contributed by atoms with Crippen LogP contribution >= 0.6 is 0 Å². The fraction of sp³-hybridized carbons (Fsp3) is 0.467. The Kier molecular flexibility index (Phi) is 4.36. The number of piperidine rings is 1. The third-order valence-electron chi connectivity index (χ3n) is 3.80. The lowest BCUT2D eigenvalue weighted by Crippen LogP contribution is -2.47. The topological polar surface area (TPSA) is 88.3 Å². The van der Waals surface area contributed by atoms with Crippen molar-refractivity contribution >= 4 is 16.0 Å². The summed E-state index contributed by atoms with van der Waals surface area (Å²) in [5, 5.41) is 4.02. The van der Waals surface area contributed by atoms with E-state index in [1.807, 2.05) is 36.1 Å². The number of nitrogens with one attached hydrogen (secondary N) is 1. The van der Waals surface area contributed by atoms with Crippen LogP contribution in [0.4, 0.5) is 6.01 Å². The molecule has 124 valence electrons. The number of anilines is 1. The SMILES string of the molecule is Cc1ccc(-c2noc(N3CCC[C@@H](NS(C)(=O)=O)C3)n2)cc1. The van der Waals surface area contributed by atoms with Gasteiger partial charge < -0.3 is 9.42 Å². The lowest BCUT2D eigenvalue weighted by molar-refractivity contribution is 0.387. The maximum atomic E-state index is 11.4. The number of rotatable bonds is 4. The normalized spacial score (nSPS) is 19.0. The zero-order valence-electron chi connectivity index (χ0n) is 13.2. The first-order chi connectivity index (χ1) is 10.9. The predicted octanol–water partition coefficient (Wildman–Crippen LogP) is 1.56. The van der Waals surface area contributed by atoms with E-state index in [2.05, 4.69) is 14.9 Å². The zero-order valence-corrected chi connectivity index (χ0v) is 14.0. The predicted molar refractivity (Wildman–Crippen MR) is 87.7 cm³/mol. The molecule has 1 fully saturated rings. The Morgan fingerprint density at radius 1 is 1.30 bits per heavy atom. The molecule has 0 aliphatic carbocycles. The molecule has 1 aliphatic rings. The molecule has 1 aromatic heterocycles. The summed E-state index contributed by atoms with van der Waals surface area (Å²) in [7, 11) is -3.21. The van der Waals surface area contributed by atoms with Crippen LogP contribution in [0.3, 0.4) is 0 Å². The minimum absolute atomic E-state index is 0.131. The van der Waals surface area contributed by atoms with Crippen LogP contribution < -0.4 is 9.62 Å². The molecule has 0 bridgehead atoms. The van der Waals surface area contributed by atoms with Gasteiger partial charge in [0.2, 0.25) is 15.8 Å². The van der Waals surface area contributed by atoms with E-state index in [9.17, 15) is 8.42 Å².